The van der Waals surface area contributed by atoms with E-state index < -0.39 is 42.3 Å². The second kappa shape index (κ2) is 6.25. The number of aliphatic hydroxyl groups is 1. The molecule has 26 heavy (non-hydrogen) atoms. The molecule has 0 aromatic heterocycles. The minimum absolute atomic E-state index is 0.0783. The maximum Gasteiger partial charge on any atom is 0.334 e. The molecular formula is C19H20O7. The maximum absolute atomic E-state index is 12.4. The van der Waals surface area contributed by atoms with Crippen LogP contribution >= 0.6 is 0 Å². The van der Waals surface area contributed by atoms with Gasteiger partial charge in [-0.05, 0) is 19.9 Å². The van der Waals surface area contributed by atoms with Gasteiger partial charge in [-0.1, -0.05) is 13.2 Å². The third kappa shape index (κ3) is 2.88. The van der Waals surface area contributed by atoms with Crippen LogP contribution in [-0.4, -0.2) is 47.2 Å². The summed E-state index contributed by atoms with van der Waals surface area (Å²) >= 11 is 0. The van der Waals surface area contributed by atoms with Gasteiger partial charge in [-0.25, -0.2) is 9.59 Å². The Morgan fingerprint density at radius 2 is 2.15 bits per heavy atom. The van der Waals surface area contributed by atoms with E-state index in [0.29, 0.717) is 0 Å². The Labute approximate surface area is 150 Å². The van der Waals surface area contributed by atoms with Crippen molar-refractivity contribution >= 4 is 17.7 Å². The molecule has 1 saturated heterocycles. The summed E-state index contributed by atoms with van der Waals surface area (Å²) in [5.41, 5.74) is -0.611. The van der Waals surface area contributed by atoms with Crippen molar-refractivity contribution in [3.05, 3.63) is 47.8 Å². The highest BCUT2D eigenvalue weighted by Crippen LogP contribution is 2.42. The van der Waals surface area contributed by atoms with Crippen molar-refractivity contribution < 1.29 is 33.7 Å². The summed E-state index contributed by atoms with van der Waals surface area (Å²) in [5, 5.41) is 9.73. The first-order valence-corrected chi connectivity index (χ1v) is 8.19. The van der Waals surface area contributed by atoms with Gasteiger partial charge < -0.3 is 19.3 Å². The van der Waals surface area contributed by atoms with Gasteiger partial charge in [0.2, 0.25) is 5.78 Å². The van der Waals surface area contributed by atoms with Gasteiger partial charge in [-0.3, -0.25) is 4.79 Å². The van der Waals surface area contributed by atoms with Gasteiger partial charge in [0.1, 0.15) is 18.0 Å². The largest absolute Gasteiger partial charge is 0.479 e. The van der Waals surface area contributed by atoms with Gasteiger partial charge in [0.05, 0.1) is 12.5 Å². The molecule has 3 aliphatic heterocycles. The molecule has 7 heteroatoms. The van der Waals surface area contributed by atoms with Gasteiger partial charge in [0, 0.05) is 29.2 Å². The Hall–Kier alpha value is -2.67. The Bertz CT molecular complexity index is 788. The predicted molar refractivity (Wildman–Crippen MR) is 89.6 cm³/mol. The van der Waals surface area contributed by atoms with Gasteiger partial charge in [0.25, 0.3) is 0 Å². The van der Waals surface area contributed by atoms with Crippen molar-refractivity contribution in [1.29, 1.82) is 0 Å². The molecule has 3 heterocycles. The standard InChI is InChI=1S/C19H20O7/c1-9(2)17(22)24-13-5-11(8-20)12-6-15(21)19(4,26-12)7-14-16(13)10(3)18(23)25-14/h5-6,13-14,16,20H,1,3,7-8H2,2,4H3. The molecule has 0 spiro atoms. The highest BCUT2D eigenvalue weighted by Gasteiger charge is 2.52. The number of aliphatic hydroxyl groups excluding tert-OH is 1. The number of hydrogen-bond acceptors (Lipinski definition) is 7. The molecule has 3 aliphatic rings. The minimum Gasteiger partial charge on any atom is -0.479 e. The lowest BCUT2D eigenvalue weighted by atomic mass is 9.83. The average Bonchev–Trinajstić information content (AvgIpc) is 3.01. The molecule has 0 saturated carbocycles. The molecule has 0 aliphatic carbocycles. The molecule has 1 fully saturated rings. The van der Waals surface area contributed by atoms with Crippen LogP contribution in [0, 0.1) is 5.92 Å². The number of ether oxygens (including phenoxy) is 3. The normalized spacial score (nSPS) is 33.0. The first-order chi connectivity index (χ1) is 12.2. The van der Waals surface area contributed by atoms with Crippen LogP contribution in [0.2, 0.25) is 0 Å². The van der Waals surface area contributed by atoms with E-state index in [4.69, 9.17) is 14.2 Å². The lowest BCUT2D eigenvalue weighted by Gasteiger charge is -2.29. The topological polar surface area (TPSA) is 99.1 Å². The van der Waals surface area contributed by atoms with E-state index >= 15 is 0 Å². The van der Waals surface area contributed by atoms with Crippen LogP contribution in [0.15, 0.2) is 47.8 Å². The third-order valence-electron chi connectivity index (χ3n) is 4.83. The lowest BCUT2D eigenvalue weighted by molar-refractivity contribution is -0.148. The number of carbonyl (C=O) groups is 3. The molecule has 7 nitrogen and oxygen atoms in total. The molecule has 4 atom stereocenters. The summed E-state index contributed by atoms with van der Waals surface area (Å²) in [7, 11) is 0. The summed E-state index contributed by atoms with van der Waals surface area (Å²) in [4.78, 5) is 36.5. The SMILES string of the molecule is C=C(C)C(=O)OC1C=C(CO)C2=CC(=O)C(C)(CC3OC(=O)C(=C)C13)O2. The first-order valence-electron chi connectivity index (χ1n) is 8.19. The van der Waals surface area contributed by atoms with Crippen molar-refractivity contribution in [3.8, 4) is 0 Å². The Balaban J connectivity index is 2.10. The van der Waals surface area contributed by atoms with E-state index in [1.807, 2.05) is 0 Å². The van der Waals surface area contributed by atoms with Crippen LogP contribution in [0.3, 0.4) is 0 Å². The summed E-state index contributed by atoms with van der Waals surface area (Å²) < 4.78 is 16.6. The van der Waals surface area contributed by atoms with Crippen LogP contribution in [0.1, 0.15) is 20.3 Å². The number of carbonyl (C=O) groups excluding carboxylic acids is 3. The van der Waals surface area contributed by atoms with Crippen molar-refractivity contribution in [3.63, 3.8) is 0 Å². The van der Waals surface area contributed by atoms with E-state index in [1.54, 1.807) is 6.92 Å². The molecular weight excluding hydrogens is 340 g/mol. The Morgan fingerprint density at radius 3 is 2.77 bits per heavy atom. The predicted octanol–water partition coefficient (Wildman–Crippen LogP) is 1.14. The van der Waals surface area contributed by atoms with Crippen LogP contribution < -0.4 is 0 Å². The molecule has 3 rings (SSSR count). The molecule has 1 N–H and O–H groups in total. The third-order valence-corrected chi connectivity index (χ3v) is 4.83. The summed E-state index contributed by atoms with van der Waals surface area (Å²) in [5.74, 6) is -2.01. The zero-order valence-electron chi connectivity index (χ0n) is 14.6. The average molecular weight is 360 g/mol. The van der Waals surface area contributed by atoms with E-state index in [9.17, 15) is 19.5 Å². The zero-order chi connectivity index (χ0) is 19.2. The van der Waals surface area contributed by atoms with Gasteiger partial charge in [0.15, 0.2) is 5.60 Å². The second-order valence-electron chi connectivity index (χ2n) is 6.90. The Morgan fingerprint density at radius 1 is 1.46 bits per heavy atom. The van der Waals surface area contributed by atoms with E-state index in [0.717, 1.165) is 0 Å². The van der Waals surface area contributed by atoms with E-state index in [2.05, 4.69) is 13.2 Å². The van der Waals surface area contributed by atoms with Crippen molar-refractivity contribution in [2.75, 3.05) is 6.61 Å². The highest BCUT2D eigenvalue weighted by molar-refractivity contribution is 6.00. The number of ketones is 1. The summed E-state index contributed by atoms with van der Waals surface area (Å²) in [6.45, 7) is 9.98. The van der Waals surface area contributed by atoms with Crippen LogP contribution in [0.5, 0.6) is 0 Å². The van der Waals surface area contributed by atoms with Crippen LogP contribution in [-0.2, 0) is 28.6 Å². The zero-order valence-corrected chi connectivity index (χ0v) is 14.6. The highest BCUT2D eigenvalue weighted by atomic mass is 16.6. The summed E-state index contributed by atoms with van der Waals surface area (Å²) in [6.07, 6.45) is 1.17. The molecule has 0 radical (unpaired) electrons. The second-order valence-corrected chi connectivity index (χ2v) is 6.90. The van der Waals surface area contributed by atoms with E-state index in [-0.39, 0.29) is 34.7 Å². The summed E-state index contributed by atoms with van der Waals surface area (Å²) in [6, 6.07) is 0. The molecule has 4 unspecified atom stereocenters. The molecule has 0 aromatic rings. The van der Waals surface area contributed by atoms with Crippen LogP contribution in [0.25, 0.3) is 0 Å². The molecule has 138 valence electrons. The Kier molecular flexibility index (Phi) is 4.36. The number of rotatable bonds is 3. The fourth-order valence-electron chi connectivity index (χ4n) is 3.35. The fourth-order valence-corrected chi connectivity index (χ4v) is 3.35. The number of esters is 2. The number of fused-ring (bicyclic) bond motifs is 3. The smallest absolute Gasteiger partial charge is 0.334 e. The van der Waals surface area contributed by atoms with Gasteiger partial charge in [-0.15, -0.1) is 0 Å². The van der Waals surface area contributed by atoms with E-state index in [1.165, 1.54) is 19.1 Å². The quantitative estimate of drug-likeness (QED) is 0.595. The van der Waals surface area contributed by atoms with Crippen molar-refractivity contribution in [2.24, 2.45) is 5.92 Å². The monoisotopic (exact) mass is 360 g/mol. The fraction of sp³-hybridized carbons (Fsp3) is 0.421. The van der Waals surface area contributed by atoms with Crippen LogP contribution in [0.4, 0.5) is 0 Å². The van der Waals surface area contributed by atoms with Gasteiger partial charge in [-0.2, -0.15) is 0 Å². The first kappa shape index (κ1) is 18.1. The minimum atomic E-state index is -1.23. The maximum atomic E-state index is 12.4. The molecule has 2 bridgehead atoms. The molecule has 0 amide bonds. The van der Waals surface area contributed by atoms with Crippen molar-refractivity contribution in [2.45, 2.75) is 38.1 Å². The lowest BCUT2D eigenvalue weighted by Crippen LogP contribution is -2.41. The van der Waals surface area contributed by atoms with Crippen molar-refractivity contribution in [1.82, 2.24) is 0 Å². The van der Waals surface area contributed by atoms with Gasteiger partial charge >= 0.3 is 11.9 Å². The molecule has 0 aromatic carbocycles. The number of hydrogen-bond donors (Lipinski definition) is 1.